The molecule has 1 heterocycles. The van der Waals surface area contributed by atoms with E-state index in [0.29, 0.717) is 0 Å². The lowest BCUT2D eigenvalue weighted by Gasteiger charge is -2.12. The average molecular weight is 412 g/mol. The maximum atomic E-state index is 12.4. The van der Waals surface area contributed by atoms with Crippen molar-refractivity contribution >= 4 is 50.8 Å². The van der Waals surface area contributed by atoms with Gasteiger partial charge in [-0.05, 0) is 47.0 Å². The number of benzene rings is 2. The monoisotopic (exact) mass is 411 g/mol. The highest BCUT2D eigenvalue weighted by atomic mass is 35.5. The van der Waals surface area contributed by atoms with Crippen molar-refractivity contribution in [1.29, 1.82) is 0 Å². The van der Waals surface area contributed by atoms with Crippen LogP contribution in [0.5, 0.6) is 0 Å². The highest BCUT2D eigenvalue weighted by Crippen LogP contribution is 2.26. The topological polar surface area (TPSA) is 136 Å². The van der Waals surface area contributed by atoms with Gasteiger partial charge in [-0.15, -0.1) is 5.10 Å². The lowest BCUT2D eigenvalue weighted by atomic mass is 10.2. The number of H-pyrrole nitrogens is 1. The SMILES string of the molecule is O=S(=O)(Nc1ccc(C([O-])=Nc2nn[nH]n2)cc1)c1ccc(Cl)c(Cl)c1. The van der Waals surface area contributed by atoms with E-state index in [1.165, 1.54) is 42.5 Å². The van der Waals surface area contributed by atoms with Gasteiger partial charge >= 0.3 is 0 Å². The van der Waals surface area contributed by atoms with Gasteiger partial charge in [0.05, 0.1) is 14.9 Å². The number of nitrogens with one attached hydrogen (secondary N) is 2. The molecule has 3 aromatic rings. The van der Waals surface area contributed by atoms with E-state index in [0.717, 1.165) is 0 Å². The maximum absolute atomic E-state index is 12.4. The normalized spacial score (nSPS) is 12.2. The molecule has 0 fully saturated rings. The van der Waals surface area contributed by atoms with Gasteiger partial charge in [0.1, 0.15) is 0 Å². The van der Waals surface area contributed by atoms with Crippen LogP contribution in [-0.4, -0.2) is 34.9 Å². The number of aromatic amines is 1. The summed E-state index contributed by atoms with van der Waals surface area (Å²) in [5.41, 5.74) is 0.486. The molecule has 26 heavy (non-hydrogen) atoms. The molecule has 134 valence electrons. The second kappa shape index (κ2) is 7.28. The largest absolute Gasteiger partial charge is 0.858 e. The summed E-state index contributed by atoms with van der Waals surface area (Å²) in [6.45, 7) is 0. The molecular formula is C14H9Cl2N6O3S-. The Hall–Kier alpha value is -2.69. The summed E-state index contributed by atoms with van der Waals surface area (Å²) in [4.78, 5) is 3.60. The van der Waals surface area contributed by atoms with Crippen molar-refractivity contribution in [3.05, 3.63) is 58.1 Å². The molecule has 2 aromatic carbocycles. The van der Waals surface area contributed by atoms with Crippen LogP contribution in [0.4, 0.5) is 11.6 Å². The van der Waals surface area contributed by atoms with Crippen LogP contribution in [0.15, 0.2) is 52.4 Å². The van der Waals surface area contributed by atoms with Crippen LogP contribution in [0.25, 0.3) is 0 Å². The van der Waals surface area contributed by atoms with Crippen LogP contribution < -0.4 is 9.83 Å². The number of aliphatic imine (C=N–C) groups is 1. The highest BCUT2D eigenvalue weighted by molar-refractivity contribution is 7.92. The van der Waals surface area contributed by atoms with E-state index < -0.39 is 15.9 Å². The van der Waals surface area contributed by atoms with Gasteiger partial charge in [0.25, 0.3) is 16.0 Å². The third kappa shape index (κ3) is 4.10. The van der Waals surface area contributed by atoms with E-state index in [9.17, 15) is 13.5 Å². The number of rotatable bonds is 5. The first-order valence-electron chi connectivity index (χ1n) is 6.92. The molecule has 9 nitrogen and oxygen atoms in total. The van der Waals surface area contributed by atoms with Gasteiger partial charge in [-0.25, -0.2) is 13.4 Å². The van der Waals surface area contributed by atoms with Gasteiger partial charge in [-0.1, -0.05) is 40.4 Å². The quantitative estimate of drug-likeness (QED) is 0.484. The minimum absolute atomic E-state index is 0.0424. The first kappa shape index (κ1) is 18.1. The first-order chi connectivity index (χ1) is 12.3. The van der Waals surface area contributed by atoms with Gasteiger partial charge < -0.3 is 5.11 Å². The molecule has 0 aliphatic rings. The van der Waals surface area contributed by atoms with Gasteiger partial charge in [0.15, 0.2) is 0 Å². The van der Waals surface area contributed by atoms with Crippen LogP contribution in [0.3, 0.4) is 0 Å². The number of tetrazole rings is 1. The van der Waals surface area contributed by atoms with Crippen molar-refractivity contribution in [2.24, 2.45) is 4.99 Å². The molecule has 0 atom stereocenters. The molecular weight excluding hydrogens is 403 g/mol. The maximum Gasteiger partial charge on any atom is 0.288 e. The number of anilines is 1. The third-order valence-corrected chi connectivity index (χ3v) is 5.24. The summed E-state index contributed by atoms with van der Waals surface area (Å²) in [5, 5.41) is 24.9. The fourth-order valence-corrected chi connectivity index (χ4v) is 3.35. The molecule has 0 spiro atoms. The minimum atomic E-state index is -3.86. The van der Waals surface area contributed by atoms with Crippen LogP contribution >= 0.6 is 23.2 Å². The van der Waals surface area contributed by atoms with Crippen molar-refractivity contribution < 1.29 is 13.5 Å². The zero-order valence-corrected chi connectivity index (χ0v) is 15.0. The summed E-state index contributed by atoms with van der Waals surface area (Å²) in [6, 6.07) is 9.64. The van der Waals surface area contributed by atoms with Gasteiger partial charge in [-0.2, -0.15) is 5.21 Å². The van der Waals surface area contributed by atoms with Crippen molar-refractivity contribution in [3.8, 4) is 0 Å². The number of aromatic nitrogens is 4. The Labute approximate surface area is 157 Å². The smallest absolute Gasteiger partial charge is 0.288 e. The van der Waals surface area contributed by atoms with Gasteiger partial charge in [-0.3, -0.25) is 4.72 Å². The molecule has 0 aliphatic carbocycles. The summed E-state index contributed by atoms with van der Waals surface area (Å²) in [5.74, 6) is -0.690. The zero-order chi connectivity index (χ0) is 18.7. The Bertz CT molecular complexity index is 1050. The van der Waals surface area contributed by atoms with E-state index in [1.807, 2.05) is 0 Å². The number of sulfonamides is 1. The van der Waals surface area contributed by atoms with E-state index in [2.05, 4.69) is 30.3 Å². The van der Waals surface area contributed by atoms with Crippen molar-refractivity contribution in [2.45, 2.75) is 4.90 Å². The molecule has 0 aliphatic heterocycles. The molecule has 12 heteroatoms. The third-order valence-electron chi connectivity index (χ3n) is 3.12. The van der Waals surface area contributed by atoms with Crippen molar-refractivity contribution in [3.63, 3.8) is 0 Å². The predicted molar refractivity (Wildman–Crippen MR) is 94.1 cm³/mol. The molecule has 0 saturated heterocycles. The second-order valence-corrected chi connectivity index (χ2v) is 7.38. The first-order valence-corrected chi connectivity index (χ1v) is 9.16. The summed E-state index contributed by atoms with van der Waals surface area (Å²) < 4.78 is 27.1. The standard InChI is InChI=1S/C14H10Cl2N6O3S/c15-11-6-5-10(7-12(11)16)26(24,25)20-9-3-1-8(2-4-9)13(23)17-14-18-21-22-19-14/h1-7,20H,(H2,17,18,19,21,22,23)/p-1. The van der Waals surface area contributed by atoms with E-state index in [-0.39, 0.29) is 32.1 Å². The predicted octanol–water partition coefficient (Wildman–Crippen LogP) is 1.75. The number of hydrogen-bond donors (Lipinski definition) is 2. The summed E-state index contributed by atoms with van der Waals surface area (Å²) in [7, 11) is -3.86. The lowest BCUT2D eigenvalue weighted by molar-refractivity contribution is -0.212. The molecule has 0 bridgehead atoms. The van der Waals surface area contributed by atoms with E-state index in [4.69, 9.17) is 23.2 Å². The Kier molecular flexibility index (Phi) is 5.07. The van der Waals surface area contributed by atoms with Gasteiger partial charge in [0, 0.05) is 5.69 Å². The van der Waals surface area contributed by atoms with E-state index >= 15 is 0 Å². The number of nitrogens with zero attached hydrogens (tertiary/aromatic N) is 4. The fraction of sp³-hybridized carbons (Fsp3) is 0. The highest BCUT2D eigenvalue weighted by Gasteiger charge is 2.15. The Morgan fingerprint density at radius 3 is 2.46 bits per heavy atom. The van der Waals surface area contributed by atoms with Crippen molar-refractivity contribution in [1.82, 2.24) is 20.6 Å². The molecule has 0 radical (unpaired) electrons. The van der Waals surface area contributed by atoms with E-state index in [1.54, 1.807) is 0 Å². The van der Waals surface area contributed by atoms with Crippen molar-refractivity contribution in [2.75, 3.05) is 4.72 Å². The number of hydrogen-bond acceptors (Lipinski definition) is 7. The van der Waals surface area contributed by atoms with Crippen LogP contribution in [0.2, 0.25) is 10.0 Å². The zero-order valence-electron chi connectivity index (χ0n) is 12.7. The van der Waals surface area contributed by atoms with Gasteiger partial charge in [0.2, 0.25) is 0 Å². The fourth-order valence-electron chi connectivity index (χ4n) is 1.90. The molecule has 0 amide bonds. The minimum Gasteiger partial charge on any atom is -0.858 e. The number of halogens is 2. The second-order valence-electron chi connectivity index (χ2n) is 4.89. The average Bonchev–Trinajstić information content (AvgIpc) is 3.10. The molecule has 1 aromatic heterocycles. The molecule has 0 unspecified atom stereocenters. The summed E-state index contributed by atoms with van der Waals surface area (Å²) in [6.07, 6.45) is 0. The molecule has 2 N–H and O–H groups in total. The Morgan fingerprint density at radius 1 is 1.12 bits per heavy atom. The van der Waals surface area contributed by atoms with Crippen LogP contribution in [0, 0.1) is 0 Å². The molecule has 3 rings (SSSR count). The Morgan fingerprint density at radius 2 is 1.85 bits per heavy atom. The molecule has 0 saturated carbocycles. The Balaban J connectivity index is 1.79. The van der Waals surface area contributed by atoms with Crippen LogP contribution in [-0.2, 0) is 10.0 Å². The lowest BCUT2D eigenvalue weighted by Crippen LogP contribution is -2.18. The van der Waals surface area contributed by atoms with Crippen LogP contribution in [0.1, 0.15) is 5.56 Å². The summed E-state index contributed by atoms with van der Waals surface area (Å²) >= 11 is 11.6.